The van der Waals surface area contributed by atoms with Gasteiger partial charge in [-0.05, 0) is 6.92 Å². The first-order valence-corrected chi connectivity index (χ1v) is 3.03. The molecule has 1 aromatic carbocycles. The minimum atomic E-state index is -0.769. The number of nitrogens with two attached hydrogens (primary N) is 2. The number of rotatable bonds is 0. The van der Waals surface area contributed by atoms with Crippen molar-refractivity contribution in [1.29, 1.82) is 0 Å². The van der Waals surface area contributed by atoms with Gasteiger partial charge in [0.05, 0.1) is 11.4 Å². The van der Waals surface area contributed by atoms with Crippen molar-refractivity contribution >= 4 is 11.4 Å². The lowest BCUT2D eigenvalue weighted by molar-refractivity contribution is 0.588. The molecule has 0 bridgehead atoms. The second-order valence-electron chi connectivity index (χ2n) is 2.29. The van der Waals surface area contributed by atoms with Crippen molar-refractivity contribution in [2.75, 3.05) is 11.5 Å². The van der Waals surface area contributed by atoms with Crippen molar-refractivity contribution in [3.05, 3.63) is 23.3 Å². The molecule has 0 aromatic heterocycles. The average Bonchev–Trinajstić information content (AvgIpc) is 1.97. The van der Waals surface area contributed by atoms with Crippen molar-refractivity contribution in [2.24, 2.45) is 0 Å². The number of halogens is 2. The topological polar surface area (TPSA) is 52.0 Å². The number of hydrogen-bond acceptors (Lipinski definition) is 2. The van der Waals surface area contributed by atoms with E-state index < -0.39 is 11.6 Å². The molecule has 0 saturated carbocycles. The molecule has 0 aliphatic heterocycles. The van der Waals surface area contributed by atoms with Crippen LogP contribution in [0, 0.1) is 18.6 Å². The van der Waals surface area contributed by atoms with Crippen molar-refractivity contribution in [3.8, 4) is 0 Å². The minimum absolute atomic E-state index is 0.0936. The Morgan fingerprint density at radius 3 is 1.82 bits per heavy atom. The van der Waals surface area contributed by atoms with E-state index in [1.807, 2.05) is 0 Å². The second kappa shape index (κ2) is 2.38. The minimum Gasteiger partial charge on any atom is -0.396 e. The van der Waals surface area contributed by atoms with E-state index in [2.05, 4.69) is 0 Å². The van der Waals surface area contributed by atoms with Crippen LogP contribution in [0.15, 0.2) is 6.07 Å². The average molecular weight is 158 g/mol. The summed E-state index contributed by atoms with van der Waals surface area (Å²) in [5, 5.41) is 0. The predicted octanol–water partition coefficient (Wildman–Crippen LogP) is 1.44. The lowest BCUT2D eigenvalue weighted by Gasteiger charge is -2.05. The molecule has 0 saturated heterocycles. The van der Waals surface area contributed by atoms with Crippen molar-refractivity contribution in [1.82, 2.24) is 0 Å². The van der Waals surface area contributed by atoms with Crippen LogP contribution < -0.4 is 11.5 Å². The Hall–Kier alpha value is -1.32. The number of benzene rings is 1. The predicted molar refractivity (Wildman–Crippen MR) is 39.9 cm³/mol. The normalized spacial score (nSPS) is 10.1. The van der Waals surface area contributed by atoms with Gasteiger partial charge in [0.15, 0.2) is 0 Å². The van der Waals surface area contributed by atoms with Crippen LogP contribution in [0.3, 0.4) is 0 Å². The van der Waals surface area contributed by atoms with Crippen LogP contribution in [0.2, 0.25) is 0 Å². The van der Waals surface area contributed by atoms with Gasteiger partial charge in [-0.1, -0.05) is 0 Å². The number of hydrogen-bond donors (Lipinski definition) is 2. The first-order chi connectivity index (χ1) is 5.04. The smallest absolute Gasteiger partial charge is 0.149 e. The van der Waals surface area contributed by atoms with E-state index in [4.69, 9.17) is 11.5 Å². The lowest BCUT2D eigenvalue weighted by Crippen LogP contribution is -2.01. The summed E-state index contributed by atoms with van der Waals surface area (Å²) in [5.74, 6) is -1.54. The SMILES string of the molecule is Cc1c(N)c(F)cc(F)c1N. The zero-order valence-corrected chi connectivity index (χ0v) is 5.99. The van der Waals surface area contributed by atoms with E-state index in [-0.39, 0.29) is 16.9 Å². The van der Waals surface area contributed by atoms with Crippen LogP contribution in [-0.2, 0) is 0 Å². The van der Waals surface area contributed by atoms with Crippen molar-refractivity contribution < 1.29 is 8.78 Å². The highest BCUT2D eigenvalue weighted by Crippen LogP contribution is 2.24. The highest BCUT2D eigenvalue weighted by molar-refractivity contribution is 5.61. The fourth-order valence-electron chi connectivity index (χ4n) is 0.770. The van der Waals surface area contributed by atoms with Gasteiger partial charge in [-0.25, -0.2) is 8.78 Å². The van der Waals surface area contributed by atoms with Gasteiger partial charge in [0.2, 0.25) is 0 Å². The van der Waals surface area contributed by atoms with E-state index >= 15 is 0 Å². The van der Waals surface area contributed by atoms with Gasteiger partial charge in [0.1, 0.15) is 11.6 Å². The summed E-state index contributed by atoms with van der Waals surface area (Å²) in [6.07, 6.45) is 0. The molecule has 0 aliphatic rings. The fourth-order valence-corrected chi connectivity index (χ4v) is 0.770. The molecule has 1 rings (SSSR count). The maximum atomic E-state index is 12.6. The first-order valence-electron chi connectivity index (χ1n) is 3.03. The molecule has 0 radical (unpaired) electrons. The quantitative estimate of drug-likeness (QED) is 0.561. The zero-order valence-electron chi connectivity index (χ0n) is 5.99. The van der Waals surface area contributed by atoms with Gasteiger partial charge in [0, 0.05) is 11.6 Å². The Balaban J connectivity index is 3.46. The number of anilines is 2. The largest absolute Gasteiger partial charge is 0.396 e. The summed E-state index contributed by atoms with van der Waals surface area (Å²) >= 11 is 0. The standard InChI is InChI=1S/C7H8F2N2/c1-3-6(10)4(8)2-5(9)7(3)11/h2H,10-11H2,1H3. The van der Waals surface area contributed by atoms with Gasteiger partial charge in [-0.15, -0.1) is 0 Å². The molecule has 0 heterocycles. The molecular formula is C7H8F2N2. The Morgan fingerprint density at radius 1 is 1.09 bits per heavy atom. The molecular weight excluding hydrogens is 150 g/mol. The highest BCUT2D eigenvalue weighted by atomic mass is 19.1. The molecule has 2 nitrogen and oxygen atoms in total. The molecule has 0 unspecified atom stereocenters. The maximum Gasteiger partial charge on any atom is 0.149 e. The van der Waals surface area contributed by atoms with Gasteiger partial charge in [0.25, 0.3) is 0 Å². The van der Waals surface area contributed by atoms with Crippen LogP contribution in [0.25, 0.3) is 0 Å². The number of nitrogen functional groups attached to an aromatic ring is 2. The summed E-state index contributed by atoms with van der Waals surface area (Å²) in [4.78, 5) is 0. The summed E-state index contributed by atoms with van der Waals surface area (Å²) in [5.41, 5.74) is 10.5. The van der Waals surface area contributed by atoms with Crippen LogP contribution >= 0.6 is 0 Å². The Labute approximate surface area is 62.8 Å². The Morgan fingerprint density at radius 2 is 1.45 bits per heavy atom. The van der Waals surface area contributed by atoms with Crippen LogP contribution in [-0.4, -0.2) is 0 Å². The van der Waals surface area contributed by atoms with Crippen LogP contribution in [0.5, 0.6) is 0 Å². The lowest BCUT2D eigenvalue weighted by atomic mass is 10.1. The molecule has 4 heteroatoms. The molecule has 60 valence electrons. The van der Waals surface area contributed by atoms with Gasteiger partial charge in [-0.3, -0.25) is 0 Å². The highest BCUT2D eigenvalue weighted by Gasteiger charge is 2.09. The van der Waals surface area contributed by atoms with E-state index in [0.29, 0.717) is 6.07 Å². The summed E-state index contributed by atoms with van der Waals surface area (Å²) in [6.45, 7) is 1.47. The Kier molecular flexibility index (Phi) is 1.68. The fraction of sp³-hybridized carbons (Fsp3) is 0.143. The maximum absolute atomic E-state index is 12.6. The van der Waals surface area contributed by atoms with Crippen LogP contribution in [0.4, 0.5) is 20.2 Å². The molecule has 0 atom stereocenters. The third-order valence-corrected chi connectivity index (χ3v) is 1.58. The molecule has 0 fully saturated rings. The van der Waals surface area contributed by atoms with Crippen LogP contribution in [0.1, 0.15) is 5.56 Å². The van der Waals surface area contributed by atoms with Crippen molar-refractivity contribution in [2.45, 2.75) is 6.92 Å². The zero-order chi connectivity index (χ0) is 8.59. The Bertz CT molecular complexity index is 271. The van der Waals surface area contributed by atoms with Gasteiger partial charge < -0.3 is 11.5 Å². The van der Waals surface area contributed by atoms with Gasteiger partial charge >= 0.3 is 0 Å². The molecule has 4 N–H and O–H groups in total. The van der Waals surface area contributed by atoms with Gasteiger partial charge in [-0.2, -0.15) is 0 Å². The third-order valence-electron chi connectivity index (χ3n) is 1.58. The molecule has 0 aliphatic carbocycles. The summed E-state index contributed by atoms with van der Waals surface area (Å²) in [7, 11) is 0. The third kappa shape index (κ3) is 1.11. The summed E-state index contributed by atoms with van der Waals surface area (Å²) < 4.78 is 25.2. The molecule has 0 spiro atoms. The van der Waals surface area contributed by atoms with Crippen molar-refractivity contribution in [3.63, 3.8) is 0 Å². The second-order valence-corrected chi connectivity index (χ2v) is 2.29. The molecule has 11 heavy (non-hydrogen) atoms. The summed E-state index contributed by atoms with van der Waals surface area (Å²) in [6, 6.07) is 0.678. The van der Waals surface area contributed by atoms with E-state index in [1.165, 1.54) is 6.92 Å². The molecule has 1 aromatic rings. The molecule has 0 amide bonds. The van der Waals surface area contributed by atoms with E-state index in [1.54, 1.807) is 0 Å². The van der Waals surface area contributed by atoms with E-state index in [9.17, 15) is 8.78 Å². The first kappa shape index (κ1) is 7.78. The monoisotopic (exact) mass is 158 g/mol. The van der Waals surface area contributed by atoms with E-state index in [0.717, 1.165) is 0 Å².